The molecule has 2 aromatic rings. The lowest BCUT2D eigenvalue weighted by molar-refractivity contribution is -0.134. The summed E-state index contributed by atoms with van der Waals surface area (Å²) in [5.41, 5.74) is 1.26. The van der Waals surface area contributed by atoms with Crippen molar-refractivity contribution in [2.45, 2.75) is 25.8 Å². The van der Waals surface area contributed by atoms with Crippen molar-refractivity contribution in [3.63, 3.8) is 0 Å². The van der Waals surface area contributed by atoms with Crippen LogP contribution in [0.2, 0.25) is 0 Å². The van der Waals surface area contributed by atoms with Crippen LogP contribution in [0.15, 0.2) is 47.1 Å². The number of amides is 3. The van der Waals surface area contributed by atoms with Gasteiger partial charge in [-0.1, -0.05) is 12.1 Å². The van der Waals surface area contributed by atoms with Gasteiger partial charge < -0.3 is 19.5 Å². The Morgan fingerprint density at radius 2 is 2.00 bits per heavy atom. The highest BCUT2D eigenvalue weighted by Crippen LogP contribution is 2.29. The minimum atomic E-state index is -0.250. The molecule has 1 N–H and O–H groups in total. The van der Waals surface area contributed by atoms with Crippen LogP contribution >= 0.6 is 0 Å². The van der Waals surface area contributed by atoms with E-state index in [4.69, 9.17) is 4.42 Å². The number of furan rings is 1. The monoisotopic (exact) mass is 355 g/mol. The predicted octanol–water partition coefficient (Wildman–Crippen LogP) is 2.56. The summed E-state index contributed by atoms with van der Waals surface area (Å²) in [6.07, 6.45) is 1.67. The normalized spacial score (nSPS) is 14.4. The van der Waals surface area contributed by atoms with Crippen LogP contribution < -0.4 is 10.2 Å². The molecule has 7 nitrogen and oxygen atoms in total. The topological polar surface area (TPSA) is 82.9 Å². The third-order valence-corrected chi connectivity index (χ3v) is 4.55. The Hall–Kier alpha value is -3.09. The van der Waals surface area contributed by atoms with E-state index < -0.39 is 0 Å². The molecular weight excluding hydrogens is 334 g/mol. The van der Waals surface area contributed by atoms with Crippen LogP contribution in [-0.2, 0) is 14.4 Å². The molecule has 26 heavy (non-hydrogen) atoms. The zero-order valence-electron chi connectivity index (χ0n) is 14.8. The number of hydrogen-bond acceptors (Lipinski definition) is 4. The molecule has 0 fully saturated rings. The highest BCUT2D eigenvalue weighted by atomic mass is 16.3. The van der Waals surface area contributed by atoms with E-state index in [1.54, 1.807) is 48.5 Å². The molecule has 1 unspecified atom stereocenters. The minimum Gasteiger partial charge on any atom is -0.467 e. The van der Waals surface area contributed by atoms with Gasteiger partial charge in [-0.3, -0.25) is 14.4 Å². The lowest BCUT2D eigenvalue weighted by Gasteiger charge is -2.29. The highest BCUT2D eigenvalue weighted by molar-refractivity contribution is 6.10. The SMILES string of the molecule is CC(c1ccco1)N(C)C(=O)CCC(=O)N1CC(=O)Nc2ccccc21. The van der Waals surface area contributed by atoms with Crippen LogP contribution in [0.1, 0.15) is 31.6 Å². The van der Waals surface area contributed by atoms with Crippen molar-refractivity contribution in [2.75, 3.05) is 23.8 Å². The Morgan fingerprint density at radius 3 is 2.73 bits per heavy atom. The Balaban J connectivity index is 1.62. The fraction of sp³-hybridized carbons (Fsp3) is 0.316. The van der Waals surface area contributed by atoms with E-state index in [2.05, 4.69) is 5.32 Å². The van der Waals surface area contributed by atoms with Crippen LogP contribution in [0.5, 0.6) is 0 Å². The van der Waals surface area contributed by atoms with Crippen LogP contribution in [0, 0.1) is 0 Å². The molecule has 2 heterocycles. The number of anilines is 2. The van der Waals surface area contributed by atoms with Crippen molar-refractivity contribution in [1.29, 1.82) is 0 Å². The van der Waals surface area contributed by atoms with E-state index in [0.717, 1.165) is 0 Å². The molecule has 1 aliphatic rings. The first-order chi connectivity index (χ1) is 12.5. The number of nitrogens with one attached hydrogen (secondary N) is 1. The number of carbonyl (C=O) groups is 3. The van der Waals surface area contributed by atoms with Gasteiger partial charge in [-0.15, -0.1) is 0 Å². The highest BCUT2D eigenvalue weighted by Gasteiger charge is 2.27. The third-order valence-electron chi connectivity index (χ3n) is 4.55. The number of benzene rings is 1. The number of rotatable bonds is 5. The molecule has 3 rings (SSSR count). The molecule has 1 aliphatic heterocycles. The molecule has 1 atom stereocenters. The second-order valence-electron chi connectivity index (χ2n) is 6.24. The van der Waals surface area contributed by atoms with Gasteiger partial charge in [-0.05, 0) is 31.2 Å². The standard InChI is InChI=1S/C19H21N3O4/c1-13(16-8-5-11-26-16)21(2)18(24)9-10-19(25)22-12-17(23)20-14-6-3-4-7-15(14)22/h3-8,11,13H,9-10,12H2,1-2H3,(H,20,23). The van der Waals surface area contributed by atoms with Crippen molar-refractivity contribution in [1.82, 2.24) is 4.90 Å². The van der Waals surface area contributed by atoms with Crippen LogP contribution in [0.25, 0.3) is 0 Å². The summed E-state index contributed by atoms with van der Waals surface area (Å²) in [5, 5.41) is 2.74. The van der Waals surface area contributed by atoms with Crippen molar-refractivity contribution >= 4 is 29.1 Å². The van der Waals surface area contributed by atoms with Crippen LogP contribution in [0.4, 0.5) is 11.4 Å². The summed E-state index contributed by atoms with van der Waals surface area (Å²) < 4.78 is 5.32. The average Bonchev–Trinajstić information content (AvgIpc) is 3.18. The number of carbonyl (C=O) groups excluding carboxylic acids is 3. The quantitative estimate of drug-likeness (QED) is 0.893. The molecule has 0 aliphatic carbocycles. The first-order valence-corrected chi connectivity index (χ1v) is 8.45. The van der Waals surface area contributed by atoms with E-state index in [1.165, 1.54) is 4.90 Å². The van der Waals surface area contributed by atoms with Gasteiger partial charge in [0.1, 0.15) is 12.3 Å². The van der Waals surface area contributed by atoms with Crippen molar-refractivity contribution in [3.8, 4) is 0 Å². The molecule has 0 spiro atoms. The second kappa shape index (κ2) is 7.43. The van der Waals surface area contributed by atoms with Gasteiger partial charge in [-0.25, -0.2) is 0 Å². The van der Waals surface area contributed by atoms with Gasteiger partial charge in [-0.2, -0.15) is 0 Å². The number of nitrogens with zero attached hydrogens (tertiary/aromatic N) is 2. The van der Waals surface area contributed by atoms with Gasteiger partial charge in [0.25, 0.3) is 0 Å². The molecule has 1 aromatic heterocycles. The predicted molar refractivity (Wildman–Crippen MR) is 96.6 cm³/mol. The zero-order chi connectivity index (χ0) is 18.7. The van der Waals surface area contributed by atoms with Crippen LogP contribution in [0.3, 0.4) is 0 Å². The van der Waals surface area contributed by atoms with E-state index in [-0.39, 0.29) is 43.1 Å². The molecular formula is C19H21N3O4. The Kier molecular flexibility index (Phi) is 5.06. The lowest BCUT2D eigenvalue weighted by atomic mass is 10.1. The summed E-state index contributed by atoms with van der Waals surface area (Å²) in [6, 6.07) is 10.5. The second-order valence-corrected chi connectivity index (χ2v) is 6.24. The minimum absolute atomic E-state index is 0.0374. The molecule has 136 valence electrons. The summed E-state index contributed by atoms with van der Waals surface area (Å²) in [4.78, 5) is 39.8. The van der Waals surface area contributed by atoms with Crippen molar-refractivity contribution in [2.24, 2.45) is 0 Å². The maximum Gasteiger partial charge on any atom is 0.244 e. The Labute approximate surface area is 151 Å². The molecule has 3 amide bonds. The van der Waals surface area contributed by atoms with Crippen molar-refractivity contribution < 1.29 is 18.8 Å². The van der Waals surface area contributed by atoms with Gasteiger partial charge in [0, 0.05) is 19.9 Å². The molecule has 7 heteroatoms. The largest absolute Gasteiger partial charge is 0.467 e. The fourth-order valence-electron chi connectivity index (χ4n) is 2.92. The maximum absolute atomic E-state index is 12.6. The summed E-state index contributed by atoms with van der Waals surface area (Å²) in [7, 11) is 1.68. The average molecular weight is 355 g/mol. The van der Waals surface area contributed by atoms with E-state index in [0.29, 0.717) is 17.1 Å². The summed E-state index contributed by atoms with van der Waals surface area (Å²) in [6.45, 7) is 1.83. The first-order valence-electron chi connectivity index (χ1n) is 8.45. The molecule has 1 aromatic carbocycles. The molecule has 0 saturated carbocycles. The molecule has 0 radical (unpaired) electrons. The smallest absolute Gasteiger partial charge is 0.244 e. The van der Waals surface area contributed by atoms with Crippen molar-refractivity contribution in [3.05, 3.63) is 48.4 Å². The summed E-state index contributed by atoms with van der Waals surface area (Å²) >= 11 is 0. The number of para-hydroxylation sites is 2. The molecule has 0 saturated heterocycles. The Morgan fingerprint density at radius 1 is 1.23 bits per heavy atom. The van der Waals surface area contributed by atoms with Gasteiger partial charge in [0.15, 0.2) is 0 Å². The van der Waals surface area contributed by atoms with Gasteiger partial charge in [0.05, 0.1) is 23.7 Å². The maximum atomic E-state index is 12.6. The van der Waals surface area contributed by atoms with E-state index in [9.17, 15) is 14.4 Å². The van der Waals surface area contributed by atoms with E-state index in [1.807, 2.05) is 13.0 Å². The molecule has 0 bridgehead atoms. The first kappa shape index (κ1) is 17.7. The van der Waals surface area contributed by atoms with Gasteiger partial charge >= 0.3 is 0 Å². The van der Waals surface area contributed by atoms with Gasteiger partial charge in [0.2, 0.25) is 17.7 Å². The van der Waals surface area contributed by atoms with Crippen LogP contribution in [-0.4, -0.2) is 36.2 Å². The summed E-state index contributed by atoms with van der Waals surface area (Å²) in [5.74, 6) is 0.0393. The number of fused-ring (bicyclic) bond motifs is 1. The zero-order valence-corrected chi connectivity index (χ0v) is 14.8. The van der Waals surface area contributed by atoms with E-state index >= 15 is 0 Å². The third kappa shape index (κ3) is 3.61. The lowest BCUT2D eigenvalue weighted by Crippen LogP contribution is -2.42. The fourth-order valence-corrected chi connectivity index (χ4v) is 2.92. The number of hydrogen-bond donors (Lipinski definition) is 1. The Bertz CT molecular complexity index is 816.